The Morgan fingerprint density at radius 1 is 1.07 bits per heavy atom. The number of hydrogen-bond acceptors (Lipinski definition) is 2. The van der Waals surface area contributed by atoms with Crippen LogP contribution in [0.5, 0.6) is 0 Å². The molecule has 1 aromatic heterocycles. The normalized spacial score (nSPS) is 10.1. The molecule has 0 radical (unpaired) electrons. The van der Waals surface area contributed by atoms with E-state index in [0.717, 1.165) is 6.54 Å². The maximum absolute atomic E-state index is 2.26. The van der Waals surface area contributed by atoms with Crippen molar-refractivity contribution in [3.63, 3.8) is 0 Å². The highest BCUT2D eigenvalue weighted by molar-refractivity contribution is 7.09. The Labute approximate surface area is 88.6 Å². The van der Waals surface area contributed by atoms with Gasteiger partial charge in [-0.25, -0.2) is 0 Å². The summed E-state index contributed by atoms with van der Waals surface area (Å²) in [6, 6.07) is 14.7. The third-order valence-electron chi connectivity index (χ3n) is 2.17. The van der Waals surface area contributed by atoms with Crippen LogP contribution in [0.4, 0.5) is 5.69 Å². The molecule has 0 saturated carbocycles. The summed E-state index contributed by atoms with van der Waals surface area (Å²) < 4.78 is 0. The van der Waals surface area contributed by atoms with Crippen LogP contribution in [0.3, 0.4) is 0 Å². The van der Waals surface area contributed by atoms with Gasteiger partial charge < -0.3 is 4.90 Å². The lowest BCUT2D eigenvalue weighted by Gasteiger charge is -2.17. The van der Waals surface area contributed by atoms with Crippen molar-refractivity contribution in [3.8, 4) is 0 Å². The van der Waals surface area contributed by atoms with Gasteiger partial charge >= 0.3 is 0 Å². The maximum Gasteiger partial charge on any atom is 0.0519 e. The molecule has 0 aliphatic carbocycles. The molecule has 0 aliphatic heterocycles. The molecule has 1 nitrogen and oxygen atoms in total. The van der Waals surface area contributed by atoms with Gasteiger partial charge in [-0.2, -0.15) is 0 Å². The van der Waals surface area contributed by atoms with Gasteiger partial charge in [0.15, 0.2) is 0 Å². The second-order valence-electron chi connectivity index (χ2n) is 3.27. The molecule has 2 rings (SSSR count). The number of rotatable bonds is 3. The van der Waals surface area contributed by atoms with Crippen molar-refractivity contribution in [1.29, 1.82) is 0 Å². The highest BCUT2D eigenvalue weighted by Gasteiger charge is 2.00. The van der Waals surface area contributed by atoms with Gasteiger partial charge in [0.05, 0.1) is 6.54 Å². The third kappa shape index (κ3) is 2.15. The zero-order valence-corrected chi connectivity index (χ0v) is 9.00. The van der Waals surface area contributed by atoms with Gasteiger partial charge in [-0.05, 0) is 23.6 Å². The van der Waals surface area contributed by atoms with E-state index < -0.39 is 0 Å². The highest BCUT2D eigenvalue weighted by atomic mass is 32.1. The molecule has 14 heavy (non-hydrogen) atoms. The van der Waals surface area contributed by atoms with E-state index in [9.17, 15) is 0 Å². The summed E-state index contributed by atoms with van der Waals surface area (Å²) in [5.74, 6) is 0. The number of benzene rings is 1. The summed E-state index contributed by atoms with van der Waals surface area (Å²) in [7, 11) is 2.12. The lowest BCUT2D eigenvalue weighted by Crippen LogP contribution is -2.15. The topological polar surface area (TPSA) is 3.24 Å². The standard InChI is InChI=1S/C12H13NS/c1-13(10-12-8-5-9-14-12)11-6-3-2-4-7-11/h2-9H,10H2,1H3. The highest BCUT2D eigenvalue weighted by Crippen LogP contribution is 2.17. The number of hydrogen-bond donors (Lipinski definition) is 0. The molecular weight excluding hydrogens is 190 g/mol. The first kappa shape index (κ1) is 9.28. The van der Waals surface area contributed by atoms with Gasteiger partial charge in [-0.1, -0.05) is 24.3 Å². The monoisotopic (exact) mass is 203 g/mol. The van der Waals surface area contributed by atoms with E-state index in [2.05, 4.69) is 53.7 Å². The number of para-hydroxylation sites is 1. The minimum Gasteiger partial charge on any atom is -0.369 e. The maximum atomic E-state index is 2.26. The molecule has 0 atom stereocenters. The number of thiophene rings is 1. The largest absolute Gasteiger partial charge is 0.369 e. The van der Waals surface area contributed by atoms with Gasteiger partial charge in [0, 0.05) is 17.6 Å². The number of nitrogens with zero attached hydrogens (tertiary/aromatic N) is 1. The van der Waals surface area contributed by atoms with E-state index in [1.807, 2.05) is 6.07 Å². The molecule has 0 aliphatic rings. The first-order valence-corrected chi connectivity index (χ1v) is 5.53. The van der Waals surface area contributed by atoms with Crippen LogP contribution >= 0.6 is 11.3 Å². The smallest absolute Gasteiger partial charge is 0.0519 e. The summed E-state index contributed by atoms with van der Waals surface area (Å²) in [5.41, 5.74) is 1.26. The fourth-order valence-electron chi connectivity index (χ4n) is 1.41. The average molecular weight is 203 g/mol. The molecule has 0 N–H and O–H groups in total. The van der Waals surface area contributed by atoms with E-state index in [-0.39, 0.29) is 0 Å². The zero-order valence-electron chi connectivity index (χ0n) is 8.18. The van der Waals surface area contributed by atoms with E-state index in [4.69, 9.17) is 0 Å². The molecule has 72 valence electrons. The summed E-state index contributed by atoms with van der Waals surface area (Å²) >= 11 is 1.80. The zero-order chi connectivity index (χ0) is 9.80. The summed E-state index contributed by atoms with van der Waals surface area (Å²) in [6.45, 7) is 0.988. The Balaban J connectivity index is 2.07. The van der Waals surface area contributed by atoms with Crippen LogP contribution in [0.1, 0.15) is 4.88 Å². The summed E-state index contributed by atoms with van der Waals surface area (Å²) in [6.07, 6.45) is 0. The van der Waals surface area contributed by atoms with Gasteiger partial charge in [0.1, 0.15) is 0 Å². The van der Waals surface area contributed by atoms with E-state index in [1.165, 1.54) is 10.6 Å². The quantitative estimate of drug-likeness (QED) is 0.739. The van der Waals surface area contributed by atoms with Crippen molar-refractivity contribution >= 4 is 17.0 Å². The van der Waals surface area contributed by atoms with Crippen LogP contribution in [0.2, 0.25) is 0 Å². The lowest BCUT2D eigenvalue weighted by atomic mass is 10.3. The first-order chi connectivity index (χ1) is 6.86. The molecule has 0 saturated heterocycles. The van der Waals surface area contributed by atoms with Crippen molar-refractivity contribution < 1.29 is 0 Å². The predicted octanol–water partition coefficient (Wildman–Crippen LogP) is 3.38. The van der Waals surface area contributed by atoms with Crippen molar-refractivity contribution in [1.82, 2.24) is 0 Å². The molecule has 2 heteroatoms. The Bertz CT molecular complexity index is 366. The summed E-state index contributed by atoms with van der Waals surface area (Å²) in [4.78, 5) is 3.66. The van der Waals surface area contributed by atoms with Gasteiger partial charge in [0.25, 0.3) is 0 Å². The molecule has 0 amide bonds. The van der Waals surface area contributed by atoms with Crippen molar-refractivity contribution in [2.24, 2.45) is 0 Å². The van der Waals surface area contributed by atoms with Crippen LogP contribution < -0.4 is 4.90 Å². The second-order valence-corrected chi connectivity index (χ2v) is 4.30. The summed E-state index contributed by atoms with van der Waals surface area (Å²) in [5, 5.41) is 2.12. The fraction of sp³-hybridized carbons (Fsp3) is 0.167. The molecule has 0 spiro atoms. The Hall–Kier alpha value is -1.28. The van der Waals surface area contributed by atoms with Crippen molar-refractivity contribution in [3.05, 3.63) is 52.7 Å². The van der Waals surface area contributed by atoms with E-state index in [1.54, 1.807) is 11.3 Å². The Kier molecular flexibility index (Phi) is 2.84. The fourth-order valence-corrected chi connectivity index (χ4v) is 2.17. The van der Waals surface area contributed by atoms with Crippen LogP contribution in [0, 0.1) is 0 Å². The van der Waals surface area contributed by atoms with Crippen LogP contribution in [0.15, 0.2) is 47.8 Å². The molecule has 0 unspecified atom stereocenters. The van der Waals surface area contributed by atoms with Gasteiger partial charge in [0.2, 0.25) is 0 Å². The molecule has 0 fully saturated rings. The minimum absolute atomic E-state index is 0.988. The average Bonchev–Trinajstić information content (AvgIpc) is 2.72. The molecule has 1 heterocycles. The SMILES string of the molecule is CN(Cc1cccs1)c1ccccc1. The van der Waals surface area contributed by atoms with Crippen LogP contribution in [-0.2, 0) is 6.54 Å². The minimum atomic E-state index is 0.988. The third-order valence-corrected chi connectivity index (χ3v) is 3.03. The van der Waals surface area contributed by atoms with Crippen molar-refractivity contribution in [2.75, 3.05) is 11.9 Å². The lowest BCUT2D eigenvalue weighted by molar-refractivity contribution is 0.940. The molecular formula is C12H13NS. The molecule has 0 bridgehead atoms. The molecule has 2 aromatic rings. The number of anilines is 1. The van der Waals surface area contributed by atoms with Gasteiger partial charge in [-0.15, -0.1) is 11.3 Å². The molecule has 1 aromatic carbocycles. The van der Waals surface area contributed by atoms with Crippen LogP contribution in [0.25, 0.3) is 0 Å². The van der Waals surface area contributed by atoms with E-state index in [0.29, 0.717) is 0 Å². The van der Waals surface area contributed by atoms with E-state index >= 15 is 0 Å². The van der Waals surface area contributed by atoms with Crippen LogP contribution in [-0.4, -0.2) is 7.05 Å². The predicted molar refractivity (Wildman–Crippen MR) is 62.9 cm³/mol. The van der Waals surface area contributed by atoms with Gasteiger partial charge in [-0.3, -0.25) is 0 Å². The second kappa shape index (κ2) is 4.29. The Morgan fingerprint density at radius 3 is 2.50 bits per heavy atom. The van der Waals surface area contributed by atoms with Crippen molar-refractivity contribution in [2.45, 2.75) is 6.54 Å². The Morgan fingerprint density at radius 2 is 1.86 bits per heavy atom. The first-order valence-electron chi connectivity index (χ1n) is 4.65.